The molecule has 2 amide bonds. The lowest BCUT2D eigenvalue weighted by Crippen LogP contribution is -2.43. The van der Waals surface area contributed by atoms with Gasteiger partial charge < -0.3 is 5.32 Å². The average molecular weight is 284 g/mol. The van der Waals surface area contributed by atoms with E-state index in [0.717, 1.165) is 4.68 Å². The number of carbonyl (C=O) groups is 2. The van der Waals surface area contributed by atoms with Crippen LogP contribution in [0.4, 0.5) is 11.4 Å². The molecule has 0 bridgehead atoms. The van der Waals surface area contributed by atoms with Gasteiger partial charge in [-0.05, 0) is 18.2 Å². The molecule has 106 valence electrons. The van der Waals surface area contributed by atoms with E-state index >= 15 is 0 Å². The van der Waals surface area contributed by atoms with E-state index in [1.165, 1.54) is 24.1 Å². The number of rotatable bonds is 1. The van der Waals surface area contributed by atoms with E-state index < -0.39 is 5.91 Å². The van der Waals surface area contributed by atoms with E-state index in [1.54, 1.807) is 24.3 Å². The van der Waals surface area contributed by atoms with Crippen LogP contribution in [-0.2, 0) is 11.8 Å². The summed E-state index contributed by atoms with van der Waals surface area (Å²) in [7, 11) is 1.47. The van der Waals surface area contributed by atoms with Crippen molar-refractivity contribution in [3.8, 4) is 0 Å². The Kier molecular flexibility index (Phi) is 3.02. The van der Waals surface area contributed by atoms with Crippen molar-refractivity contribution in [1.29, 1.82) is 0 Å². The van der Waals surface area contributed by atoms with Crippen LogP contribution >= 0.6 is 0 Å². The smallest absolute Gasteiger partial charge is 0.279 e. The molecule has 2 aromatic rings. The maximum atomic E-state index is 12.5. The van der Waals surface area contributed by atoms with E-state index in [-0.39, 0.29) is 23.7 Å². The van der Waals surface area contributed by atoms with Crippen LogP contribution in [0.15, 0.2) is 41.2 Å². The van der Waals surface area contributed by atoms with Crippen LogP contribution in [0.5, 0.6) is 0 Å². The first-order valence-corrected chi connectivity index (χ1v) is 6.31. The number of amides is 2. The van der Waals surface area contributed by atoms with Gasteiger partial charge >= 0.3 is 0 Å². The highest BCUT2D eigenvalue weighted by Gasteiger charge is 2.28. The molecule has 0 unspecified atom stereocenters. The fourth-order valence-corrected chi connectivity index (χ4v) is 2.17. The number of hydrogen-bond acceptors (Lipinski definition) is 4. The molecule has 0 fully saturated rings. The molecule has 0 radical (unpaired) electrons. The molecule has 2 heterocycles. The monoisotopic (exact) mass is 284 g/mol. The number of nitrogens with one attached hydrogen (secondary N) is 1. The molecule has 1 aromatic heterocycles. The van der Waals surface area contributed by atoms with Gasteiger partial charge in [-0.3, -0.25) is 19.3 Å². The summed E-state index contributed by atoms with van der Waals surface area (Å²) >= 11 is 0. The zero-order chi connectivity index (χ0) is 15.0. The number of aromatic nitrogens is 2. The predicted molar refractivity (Wildman–Crippen MR) is 76.2 cm³/mol. The van der Waals surface area contributed by atoms with Gasteiger partial charge in [-0.15, -0.1) is 0 Å². The molecule has 1 aliphatic rings. The van der Waals surface area contributed by atoms with E-state index in [4.69, 9.17) is 0 Å². The van der Waals surface area contributed by atoms with Crippen molar-refractivity contribution < 1.29 is 9.59 Å². The van der Waals surface area contributed by atoms with E-state index in [2.05, 4.69) is 10.4 Å². The molecule has 3 rings (SSSR count). The molecule has 0 saturated heterocycles. The largest absolute Gasteiger partial charge is 0.323 e. The fraction of sp³-hybridized carbons (Fsp3) is 0.143. The highest BCUT2D eigenvalue weighted by molar-refractivity contribution is 6.14. The molecule has 1 aliphatic heterocycles. The van der Waals surface area contributed by atoms with Crippen molar-refractivity contribution in [2.24, 2.45) is 7.05 Å². The third-order valence-corrected chi connectivity index (χ3v) is 3.20. The summed E-state index contributed by atoms with van der Waals surface area (Å²) in [5.41, 5.74) is 0.995. The predicted octanol–water partition coefficient (Wildman–Crippen LogP) is 0.379. The van der Waals surface area contributed by atoms with Gasteiger partial charge in [-0.1, -0.05) is 12.1 Å². The third kappa shape index (κ3) is 2.29. The molecule has 0 saturated carbocycles. The Morgan fingerprint density at radius 1 is 1.19 bits per heavy atom. The SMILES string of the molecule is Cn1nc(C(=O)N2CC(=O)Nc3ccccc32)ccc1=O. The zero-order valence-corrected chi connectivity index (χ0v) is 11.2. The van der Waals surface area contributed by atoms with Crippen LogP contribution in [0.25, 0.3) is 0 Å². The van der Waals surface area contributed by atoms with Crippen LogP contribution in [-0.4, -0.2) is 28.1 Å². The van der Waals surface area contributed by atoms with Crippen molar-refractivity contribution in [3.63, 3.8) is 0 Å². The van der Waals surface area contributed by atoms with Crippen LogP contribution < -0.4 is 15.8 Å². The van der Waals surface area contributed by atoms with Crippen molar-refractivity contribution in [1.82, 2.24) is 9.78 Å². The van der Waals surface area contributed by atoms with Crippen molar-refractivity contribution >= 4 is 23.2 Å². The standard InChI is InChI=1S/C14H12N4O3/c1-17-13(20)7-6-10(16-17)14(21)18-8-12(19)15-9-4-2-3-5-11(9)18/h2-7H,8H2,1H3,(H,15,19). The topological polar surface area (TPSA) is 84.3 Å². The van der Waals surface area contributed by atoms with Gasteiger partial charge in [-0.25, -0.2) is 4.68 Å². The number of anilines is 2. The molecule has 21 heavy (non-hydrogen) atoms. The second kappa shape index (κ2) is 4.86. The minimum atomic E-state index is -0.423. The molecule has 7 nitrogen and oxygen atoms in total. The van der Waals surface area contributed by atoms with Gasteiger partial charge in [0, 0.05) is 13.1 Å². The Morgan fingerprint density at radius 2 is 1.95 bits per heavy atom. The first kappa shape index (κ1) is 13.0. The summed E-state index contributed by atoms with van der Waals surface area (Å²) in [5, 5.41) is 6.64. The minimum absolute atomic E-state index is 0.0830. The van der Waals surface area contributed by atoms with Crippen LogP contribution in [0, 0.1) is 0 Å². The summed E-state index contributed by atoms with van der Waals surface area (Å²) in [6.45, 7) is -0.0830. The molecule has 1 N–H and O–H groups in total. The summed E-state index contributed by atoms with van der Waals surface area (Å²) in [4.78, 5) is 36.9. The quantitative estimate of drug-likeness (QED) is 0.820. The first-order chi connectivity index (χ1) is 10.1. The lowest BCUT2D eigenvalue weighted by molar-refractivity contribution is -0.115. The number of para-hydroxylation sites is 2. The second-order valence-corrected chi connectivity index (χ2v) is 4.64. The van der Waals surface area contributed by atoms with E-state index in [9.17, 15) is 14.4 Å². The van der Waals surface area contributed by atoms with Gasteiger partial charge in [0.2, 0.25) is 5.91 Å². The molecule has 7 heteroatoms. The highest BCUT2D eigenvalue weighted by atomic mass is 16.2. The fourth-order valence-electron chi connectivity index (χ4n) is 2.17. The van der Waals surface area contributed by atoms with Crippen molar-refractivity contribution in [3.05, 3.63) is 52.4 Å². The summed E-state index contributed by atoms with van der Waals surface area (Å²) in [6, 6.07) is 9.66. The number of hydrogen-bond donors (Lipinski definition) is 1. The maximum absolute atomic E-state index is 12.5. The van der Waals surface area contributed by atoms with Crippen molar-refractivity contribution in [2.75, 3.05) is 16.8 Å². The molecule has 0 aliphatic carbocycles. The number of carbonyl (C=O) groups excluding carboxylic acids is 2. The normalized spacial score (nSPS) is 13.6. The van der Waals surface area contributed by atoms with Gasteiger partial charge in [0.15, 0.2) is 0 Å². The molecular weight excluding hydrogens is 272 g/mol. The van der Waals surface area contributed by atoms with E-state index in [0.29, 0.717) is 11.4 Å². The van der Waals surface area contributed by atoms with Crippen LogP contribution in [0.2, 0.25) is 0 Å². The van der Waals surface area contributed by atoms with Crippen LogP contribution in [0.3, 0.4) is 0 Å². The Hall–Kier alpha value is -2.96. The van der Waals surface area contributed by atoms with Gasteiger partial charge in [-0.2, -0.15) is 5.10 Å². The van der Waals surface area contributed by atoms with Crippen molar-refractivity contribution in [2.45, 2.75) is 0 Å². The number of aryl methyl sites for hydroxylation is 1. The summed E-state index contributed by atoms with van der Waals surface area (Å²) < 4.78 is 1.09. The number of fused-ring (bicyclic) bond motifs is 1. The first-order valence-electron chi connectivity index (χ1n) is 6.31. The molecular formula is C14H12N4O3. The Labute approximate surface area is 119 Å². The average Bonchev–Trinajstić information content (AvgIpc) is 2.48. The van der Waals surface area contributed by atoms with E-state index in [1.807, 2.05) is 0 Å². The summed E-state index contributed by atoms with van der Waals surface area (Å²) in [6.07, 6.45) is 0. The summed E-state index contributed by atoms with van der Waals surface area (Å²) in [5.74, 6) is -0.695. The maximum Gasteiger partial charge on any atom is 0.279 e. The lowest BCUT2D eigenvalue weighted by Gasteiger charge is -2.28. The van der Waals surface area contributed by atoms with Crippen LogP contribution in [0.1, 0.15) is 10.5 Å². The zero-order valence-electron chi connectivity index (χ0n) is 11.2. The Bertz CT molecular complexity index is 797. The number of nitrogens with zero attached hydrogens (tertiary/aromatic N) is 3. The minimum Gasteiger partial charge on any atom is -0.323 e. The Morgan fingerprint density at radius 3 is 2.71 bits per heavy atom. The lowest BCUT2D eigenvalue weighted by atomic mass is 10.2. The molecule has 0 spiro atoms. The molecule has 1 aromatic carbocycles. The molecule has 0 atom stereocenters. The number of benzene rings is 1. The Balaban J connectivity index is 2.03. The second-order valence-electron chi connectivity index (χ2n) is 4.64. The van der Waals surface area contributed by atoms with Gasteiger partial charge in [0.1, 0.15) is 12.2 Å². The third-order valence-electron chi connectivity index (χ3n) is 3.20. The van der Waals surface area contributed by atoms with Gasteiger partial charge in [0.25, 0.3) is 11.5 Å². The van der Waals surface area contributed by atoms with Gasteiger partial charge in [0.05, 0.1) is 11.4 Å². The highest BCUT2D eigenvalue weighted by Crippen LogP contribution is 2.29.